The minimum absolute atomic E-state index is 0.259. The highest BCUT2D eigenvalue weighted by Crippen LogP contribution is 2.53. The van der Waals surface area contributed by atoms with Crippen LogP contribution in [-0.2, 0) is 23.7 Å². The van der Waals surface area contributed by atoms with Gasteiger partial charge in [-0.3, -0.25) is 4.90 Å². The van der Waals surface area contributed by atoms with Crippen molar-refractivity contribution >= 4 is 6.09 Å². The van der Waals surface area contributed by atoms with E-state index in [4.69, 9.17) is 23.7 Å². The van der Waals surface area contributed by atoms with Crippen LogP contribution in [0, 0.1) is 0 Å². The molecule has 2 heterocycles. The lowest BCUT2D eigenvalue weighted by atomic mass is 9.89. The number of hydrogen-bond donors (Lipinski definition) is 1. The average Bonchev–Trinajstić information content (AvgIpc) is 3.33. The zero-order valence-corrected chi connectivity index (χ0v) is 16.7. The van der Waals surface area contributed by atoms with E-state index >= 15 is 0 Å². The number of methoxy groups -OCH3 is 2. The van der Waals surface area contributed by atoms with E-state index in [0.717, 1.165) is 0 Å². The maximum absolute atomic E-state index is 12.7. The molecule has 3 aliphatic rings. The van der Waals surface area contributed by atoms with Crippen LogP contribution in [0.15, 0.2) is 0 Å². The predicted octanol–water partition coefficient (Wildman–Crippen LogP) is 1.64. The molecule has 8 heteroatoms. The fourth-order valence-corrected chi connectivity index (χ4v) is 3.88. The van der Waals surface area contributed by atoms with Crippen molar-refractivity contribution < 1.29 is 33.6 Å². The van der Waals surface area contributed by atoms with Crippen molar-refractivity contribution in [2.75, 3.05) is 20.8 Å². The number of piperidine rings is 1. The normalized spacial score (nSPS) is 41.7. The van der Waals surface area contributed by atoms with Crippen molar-refractivity contribution in [2.24, 2.45) is 0 Å². The van der Waals surface area contributed by atoms with Gasteiger partial charge in [-0.2, -0.15) is 0 Å². The molecule has 1 spiro atoms. The molecule has 2 aliphatic heterocycles. The van der Waals surface area contributed by atoms with Gasteiger partial charge in [-0.25, -0.2) is 4.79 Å². The molecule has 1 N–H and O–H groups in total. The van der Waals surface area contributed by atoms with Gasteiger partial charge in [-0.05, 0) is 47.5 Å². The molecule has 2 saturated heterocycles. The second kappa shape index (κ2) is 6.04. The van der Waals surface area contributed by atoms with Crippen LogP contribution in [-0.4, -0.2) is 77.9 Å². The number of amides is 1. The fourth-order valence-electron chi connectivity index (χ4n) is 3.88. The van der Waals surface area contributed by atoms with Gasteiger partial charge in [0.15, 0.2) is 0 Å². The van der Waals surface area contributed by atoms with Crippen LogP contribution in [0.2, 0.25) is 0 Å². The summed E-state index contributed by atoms with van der Waals surface area (Å²) < 4.78 is 28.9. The van der Waals surface area contributed by atoms with E-state index in [0.29, 0.717) is 12.8 Å². The maximum atomic E-state index is 12.7. The summed E-state index contributed by atoms with van der Waals surface area (Å²) >= 11 is 0. The van der Waals surface area contributed by atoms with Gasteiger partial charge in [0.1, 0.15) is 23.9 Å². The summed E-state index contributed by atoms with van der Waals surface area (Å²) in [6, 6.07) is 0. The van der Waals surface area contributed by atoms with E-state index in [1.165, 1.54) is 14.2 Å². The van der Waals surface area contributed by atoms with E-state index in [2.05, 4.69) is 0 Å². The molecule has 1 amide bonds. The fraction of sp³-hybridized carbons (Fsp3) is 0.944. The number of likely N-dealkylation sites (tertiary alicyclic amines) is 1. The van der Waals surface area contributed by atoms with E-state index in [1.54, 1.807) is 18.7 Å². The molecule has 26 heavy (non-hydrogen) atoms. The van der Waals surface area contributed by atoms with E-state index in [-0.39, 0.29) is 6.54 Å². The Labute approximate surface area is 154 Å². The molecule has 3 rings (SSSR count). The largest absolute Gasteiger partial charge is 0.444 e. The van der Waals surface area contributed by atoms with Gasteiger partial charge in [0.05, 0.1) is 12.1 Å². The van der Waals surface area contributed by atoms with Gasteiger partial charge in [0.25, 0.3) is 0 Å². The molecule has 0 unspecified atom stereocenters. The highest BCUT2D eigenvalue weighted by molar-refractivity contribution is 5.70. The van der Waals surface area contributed by atoms with E-state index in [1.807, 2.05) is 20.8 Å². The molecule has 0 aromatic carbocycles. The quantitative estimate of drug-likeness (QED) is 0.787. The summed E-state index contributed by atoms with van der Waals surface area (Å²) in [7, 11) is 3.02. The third-order valence-corrected chi connectivity index (χ3v) is 5.85. The third kappa shape index (κ3) is 2.92. The van der Waals surface area contributed by atoms with Crippen molar-refractivity contribution in [3.63, 3.8) is 0 Å². The summed E-state index contributed by atoms with van der Waals surface area (Å²) in [5.41, 5.74) is -1.28. The molecule has 0 aromatic heterocycles. The van der Waals surface area contributed by atoms with E-state index in [9.17, 15) is 9.90 Å². The second-order valence-electron chi connectivity index (χ2n) is 8.68. The second-order valence-corrected chi connectivity index (χ2v) is 8.68. The van der Waals surface area contributed by atoms with Gasteiger partial charge in [0, 0.05) is 14.2 Å². The van der Waals surface area contributed by atoms with Crippen molar-refractivity contribution in [3.05, 3.63) is 0 Å². The predicted molar refractivity (Wildman–Crippen MR) is 91.5 cm³/mol. The Balaban J connectivity index is 1.88. The SMILES string of the molecule is CO[C@@]1(C)O[C@@H]2[C@@H](O)C3(CC3)N(C(=O)OC(C)(C)C)C[C@H]2O[C@]1(C)OC. The maximum Gasteiger partial charge on any atom is 0.410 e. The molecule has 3 fully saturated rings. The highest BCUT2D eigenvalue weighted by atomic mass is 16.8. The topological polar surface area (TPSA) is 86.7 Å². The van der Waals surface area contributed by atoms with Crippen LogP contribution in [0.1, 0.15) is 47.5 Å². The van der Waals surface area contributed by atoms with Crippen LogP contribution in [0.5, 0.6) is 0 Å². The van der Waals surface area contributed by atoms with Crippen molar-refractivity contribution in [2.45, 2.75) is 88.5 Å². The van der Waals surface area contributed by atoms with Crippen LogP contribution < -0.4 is 0 Å². The first-order chi connectivity index (χ1) is 11.9. The molecule has 1 aliphatic carbocycles. The van der Waals surface area contributed by atoms with Gasteiger partial charge in [0.2, 0.25) is 11.6 Å². The summed E-state index contributed by atoms with van der Waals surface area (Å²) in [4.78, 5) is 14.3. The standard InChI is InChI=1S/C18H31NO7/c1-15(2,3)26-14(21)19-10-11-12(13(20)18(19)8-9-18)25-17(5,23-7)16(4,22-6)24-11/h11-13,20H,8-10H2,1-7H3/t11-,12+,13-,16+,17+/m1/s1. The number of fused-ring (bicyclic) bond motifs is 1. The van der Waals surface area contributed by atoms with Crippen LogP contribution >= 0.6 is 0 Å². The van der Waals surface area contributed by atoms with Crippen LogP contribution in [0.4, 0.5) is 4.79 Å². The molecule has 0 aromatic rings. The van der Waals surface area contributed by atoms with Crippen molar-refractivity contribution in [1.82, 2.24) is 4.90 Å². The van der Waals surface area contributed by atoms with Gasteiger partial charge in [-0.1, -0.05) is 0 Å². The first-order valence-electron chi connectivity index (χ1n) is 9.06. The molecular weight excluding hydrogens is 342 g/mol. The lowest BCUT2D eigenvalue weighted by Gasteiger charge is -2.57. The highest BCUT2D eigenvalue weighted by Gasteiger charge is 2.68. The van der Waals surface area contributed by atoms with E-state index < -0.39 is 47.1 Å². The molecule has 150 valence electrons. The number of ether oxygens (including phenoxy) is 5. The number of aliphatic hydroxyl groups excluding tert-OH is 1. The summed E-state index contributed by atoms with van der Waals surface area (Å²) in [5.74, 6) is -2.37. The molecule has 8 nitrogen and oxygen atoms in total. The Hall–Kier alpha value is -0.930. The van der Waals surface area contributed by atoms with Gasteiger partial charge >= 0.3 is 6.09 Å². The summed E-state index contributed by atoms with van der Waals surface area (Å²) in [6.45, 7) is 9.16. The number of nitrogens with zero attached hydrogens (tertiary/aromatic N) is 1. The minimum Gasteiger partial charge on any atom is -0.444 e. The van der Waals surface area contributed by atoms with Crippen molar-refractivity contribution in [3.8, 4) is 0 Å². The van der Waals surface area contributed by atoms with Gasteiger partial charge in [-0.15, -0.1) is 0 Å². The lowest BCUT2D eigenvalue weighted by molar-refractivity contribution is -0.460. The third-order valence-electron chi connectivity index (χ3n) is 5.85. The molecule has 5 atom stereocenters. The van der Waals surface area contributed by atoms with Crippen molar-refractivity contribution in [1.29, 1.82) is 0 Å². The Morgan fingerprint density at radius 2 is 1.65 bits per heavy atom. The number of carbonyl (C=O) groups excluding carboxylic acids is 1. The number of rotatable bonds is 2. The Morgan fingerprint density at radius 1 is 1.12 bits per heavy atom. The van der Waals surface area contributed by atoms with Crippen LogP contribution in [0.3, 0.4) is 0 Å². The molecule has 0 radical (unpaired) electrons. The number of aliphatic hydroxyl groups is 1. The van der Waals surface area contributed by atoms with Crippen LogP contribution in [0.25, 0.3) is 0 Å². The summed E-state index contributed by atoms with van der Waals surface area (Å²) in [5, 5.41) is 11.0. The number of hydrogen-bond acceptors (Lipinski definition) is 7. The zero-order valence-electron chi connectivity index (χ0n) is 16.7. The molecule has 0 bridgehead atoms. The minimum atomic E-state index is -1.19. The Morgan fingerprint density at radius 3 is 2.12 bits per heavy atom. The Kier molecular flexibility index (Phi) is 4.60. The first kappa shape index (κ1) is 19.8. The lowest BCUT2D eigenvalue weighted by Crippen LogP contribution is -2.74. The average molecular weight is 373 g/mol. The zero-order chi connectivity index (χ0) is 19.5. The Bertz CT molecular complexity index is 572. The van der Waals surface area contributed by atoms with Gasteiger partial charge < -0.3 is 28.8 Å². The smallest absolute Gasteiger partial charge is 0.410 e. The number of carbonyl (C=O) groups is 1. The first-order valence-corrected chi connectivity index (χ1v) is 9.06. The molecule has 1 saturated carbocycles. The monoisotopic (exact) mass is 373 g/mol. The molecular formula is C18H31NO7. The summed E-state index contributed by atoms with van der Waals surface area (Å²) in [6.07, 6.45) is -1.13.